The summed E-state index contributed by atoms with van der Waals surface area (Å²) in [5, 5.41) is 0. The maximum atomic E-state index is 5.88. The molecule has 0 spiro atoms. The van der Waals surface area contributed by atoms with Gasteiger partial charge in [-0.2, -0.15) is 12.6 Å². The van der Waals surface area contributed by atoms with Crippen LogP contribution < -0.4 is 0 Å². The zero-order valence-corrected chi connectivity index (χ0v) is 11.4. The van der Waals surface area contributed by atoms with Crippen molar-refractivity contribution in [2.75, 3.05) is 32.0 Å². The fourth-order valence-electron chi connectivity index (χ4n) is 1.53. The third-order valence-electron chi connectivity index (χ3n) is 2.68. The number of alkyl halides is 1. The van der Waals surface area contributed by atoms with Gasteiger partial charge in [0.25, 0.3) is 0 Å². The third-order valence-corrected chi connectivity index (χ3v) is 3.06. The van der Waals surface area contributed by atoms with Crippen LogP contribution in [0.4, 0.5) is 0 Å². The Morgan fingerprint density at radius 1 is 1.75 bits per heavy atom. The first-order valence-corrected chi connectivity index (χ1v) is 6.50. The molecule has 1 aliphatic heterocycles. The molecule has 0 N–H and O–H groups in total. The fraction of sp³-hybridized carbons (Fsp3) is 0.900. The van der Waals surface area contributed by atoms with Gasteiger partial charge in [-0.1, -0.05) is 0 Å². The van der Waals surface area contributed by atoms with Gasteiger partial charge in [0, 0.05) is 20.3 Å². The molecule has 0 aromatic heterocycles. The molecule has 0 saturated carbocycles. The first-order chi connectivity index (χ1) is 7.72. The standard InChI is InChI=1S/C10H19ClN2O2S/c1-8(14-2)13(6-9-3-4-15-9)10(5-11)12-7-16/h8-9,16H,3-7H2,1-2H3/t8?,9-/m0/s1. The summed E-state index contributed by atoms with van der Waals surface area (Å²) in [6, 6.07) is 0. The number of halogens is 1. The Bertz CT molecular complexity index is 237. The van der Waals surface area contributed by atoms with Crippen molar-refractivity contribution in [3.05, 3.63) is 0 Å². The van der Waals surface area contributed by atoms with Crippen LogP contribution in [0, 0.1) is 0 Å². The molecule has 1 heterocycles. The predicted molar refractivity (Wildman–Crippen MR) is 69.5 cm³/mol. The lowest BCUT2D eigenvalue weighted by molar-refractivity contribution is -0.0809. The summed E-state index contributed by atoms with van der Waals surface area (Å²) in [6.07, 6.45) is 1.30. The average molecular weight is 267 g/mol. The van der Waals surface area contributed by atoms with Crippen LogP contribution in [-0.4, -0.2) is 55.1 Å². The number of hydrogen-bond donors (Lipinski definition) is 1. The van der Waals surface area contributed by atoms with Crippen LogP contribution in [0.3, 0.4) is 0 Å². The molecule has 94 valence electrons. The molecule has 0 radical (unpaired) electrons. The lowest BCUT2D eigenvalue weighted by Crippen LogP contribution is -2.48. The van der Waals surface area contributed by atoms with Gasteiger partial charge in [-0.15, -0.1) is 11.6 Å². The van der Waals surface area contributed by atoms with Gasteiger partial charge in [0.15, 0.2) is 0 Å². The lowest BCUT2D eigenvalue weighted by Gasteiger charge is -2.36. The fourth-order valence-corrected chi connectivity index (χ4v) is 1.93. The summed E-state index contributed by atoms with van der Waals surface area (Å²) in [5.41, 5.74) is 0. The number of rotatable bonds is 6. The Kier molecular flexibility index (Phi) is 6.49. The summed E-state index contributed by atoms with van der Waals surface area (Å²) in [7, 11) is 1.67. The molecule has 1 rings (SSSR count). The van der Waals surface area contributed by atoms with Gasteiger partial charge in [-0.25, -0.2) is 0 Å². The molecule has 0 aromatic carbocycles. The quantitative estimate of drug-likeness (QED) is 0.261. The minimum absolute atomic E-state index is 0.0541. The molecule has 6 heteroatoms. The second-order valence-corrected chi connectivity index (χ2v) is 4.17. The van der Waals surface area contributed by atoms with Crippen LogP contribution in [0.15, 0.2) is 4.99 Å². The van der Waals surface area contributed by atoms with Crippen LogP contribution >= 0.6 is 24.2 Å². The highest BCUT2D eigenvalue weighted by molar-refractivity contribution is 7.80. The van der Waals surface area contributed by atoms with Gasteiger partial charge in [-0.3, -0.25) is 4.99 Å². The largest absolute Gasteiger partial charge is 0.376 e. The highest BCUT2D eigenvalue weighted by Crippen LogP contribution is 2.15. The first-order valence-electron chi connectivity index (χ1n) is 5.34. The van der Waals surface area contributed by atoms with Crippen molar-refractivity contribution >= 4 is 30.1 Å². The molecular weight excluding hydrogens is 248 g/mol. The Morgan fingerprint density at radius 3 is 2.81 bits per heavy atom. The molecule has 1 unspecified atom stereocenters. The second-order valence-electron chi connectivity index (χ2n) is 3.62. The molecule has 1 saturated heterocycles. The first kappa shape index (κ1) is 14.1. The van der Waals surface area contributed by atoms with Crippen molar-refractivity contribution in [3.8, 4) is 0 Å². The highest BCUT2D eigenvalue weighted by Gasteiger charge is 2.26. The van der Waals surface area contributed by atoms with Crippen molar-refractivity contribution in [2.45, 2.75) is 25.7 Å². The number of hydrogen-bond acceptors (Lipinski definition) is 4. The van der Waals surface area contributed by atoms with Crippen molar-refractivity contribution in [2.24, 2.45) is 4.99 Å². The van der Waals surface area contributed by atoms with Crippen molar-refractivity contribution < 1.29 is 9.47 Å². The van der Waals surface area contributed by atoms with Gasteiger partial charge in [0.2, 0.25) is 0 Å². The van der Waals surface area contributed by atoms with Crippen molar-refractivity contribution in [1.29, 1.82) is 0 Å². The Labute approximate surface area is 107 Å². The molecule has 0 aromatic rings. The Hall–Kier alpha value is 0.0300. The van der Waals surface area contributed by atoms with Gasteiger partial charge < -0.3 is 14.4 Å². The van der Waals surface area contributed by atoms with Gasteiger partial charge in [-0.05, 0) is 13.3 Å². The molecule has 0 amide bonds. The number of thiol groups is 1. The molecular formula is C10H19ClN2O2S. The maximum absolute atomic E-state index is 5.88. The van der Waals surface area contributed by atoms with Gasteiger partial charge in [0.05, 0.1) is 17.9 Å². The van der Waals surface area contributed by atoms with Crippen molar-refractivity contribution in [3.63, 3.8) is 0 Å². The minimum Gasteiger partial charge on any atom is -0.376 e. The number of ether oxygens (including phenoxy) is 2. The number of amidine groups is 1. The predicted octanol–water partition coefficient (Wildman–Crippen LogP) is 1.59. The van der Waals surface area contributed by atoms with Crippen LogP contribution in [0.25, 0.3) is 0 Å². The molecule has 0 aliphatic carbocycles. The van der Waals surface area contributed by atoms with Crippen LogP contribution in [0.1, 0.15) is 13.3 Å². The maximum Gasteiger partial charge on any atom is 0.127 e. The Balaban J connectivity index is 2.63. The smallest absolute Gasteiger partial charge is 0.127 e. The normalized spacial score (nSPS) is 22.8. The van der Waals surface area contributed by atoms with E-state index in [2.05, 4.69) is 17.6 Å². The van der Waals surface area contributed by atoms with E-state index in [0.717, 1.165) is 25.4 Å². The van der Waals surface area contributed by atoms with Gasteiger partial charge in [0.1, 0.15) is 12.1 Å². The average Bonchev–Trinajstić information content (AvgIpc) is 2.24. The van der Waals surface area contributed by atoms with Crippen LogP contribution in [0.5, 0.6) is 0 Å². The van der Waals surface area contributed by atoms with E-state index in [9.17, 15) is 0 Å². The lowest BCUT2D eigenvalue weighted by atomic mass is 10.2. The van der Waals surface area contributed by atoms with E-state index in [0.29, 0.717) is 11.8 Å². The second kappa shape index (κ2) is 7.37. The Morgan fingerprint density at radius 2 is 2.44 bits per heavy atom. The summed E-state index contributed by atoms with van der Waals surface area (Å²) < 4.78 is 10.7. The molecule has 1 fully saturated rings. The van der Waals surface area contributed by atoms with E-state index in [1.807, 2.05) is 11.8 Å². The number of nitrogens with zero attached hydrogens (tertiary/aromatic N) is 2. The van der Waals surface area contributed by atoms with Gasteiger partial charge >= 0.3 is 0 Å². The highest BCUT2D eigenvalue weighted by atomic mass is 35.5. The zero-order chi connectivity index (χ0) is 12.0. The van der Waals surface area contributed by atoms with Crippen molar-refractivity contribution in [1.82, 2.24) is 4.90 Å². The van der Waals surface area contributed by atoms with Crippen LogP contribution in [-0.2, 0) is 9.47 Å². The monoisotopic (exact) mass is 266 g/mol. The molecule has 16 heavy (non-hydrogen) atoms. The molecule has 4 nitrogen and oxygen atoms in total. The summed E-state index contributed by atoms with van der Waals surface area (Å²) in [5.74, 6) is 1.60. The van der Waals surface area contributed by atoms with E-state index >= 15 is 0 Å². The molecule has 1 aliphatic rings. The minimum atomic E-state index is -0.0541. The molecule has 2 atom stereocenters. The van der Waals surface area contributed by atoms with E-state index < -0.39 is 0 Å². The summed E-state index contributed by atoms with van der Waals surface area (Å²) in [6.45, 7) is 3.59. The molecule has 0 bridgehead atoms. The topological polar surface area (TPSA) is 34.1 Å². The number of methoxy groups -OCH3 is 1. The third kappa shape index (κ3) is 3.80. The zero-order valence-electron chi connectivity index (χ0n) is 9.73. The van der Waals surface area contributed by atoms with E-state index in [4.69, 9.17) is 21.1 Å². The van der Waals surface area contributed by atoms with E-state index in [1.54, 1.807) is 7.11 Å². The summed E-state index contributed by atoms with van der Waals surface area (Å²) >= 11 is 9.97. The number of aliphatic imine (C=N–C) groups is 1. The van der Waals surface area contributed by atoms with E-state index in [-0.39, 0.29) is 12.3 Å². The SMILES string of the molecule is COC(C)N(C[C@@H]1CCO1)C(CCl)=NCS. The van der Waals surface area contributed by atoms with E-state index in [1.165, 1.54) is 0 Å². The summed E-state index contributed by atoms with van der Waals surface area (Å²) in [4.78, 5) is 6.30. The van der Waals surface area contributed by atoms with Crippen LogP contribution in [0.2, 0.25) is 0 Å².